The van der Waals surface area contributed by atoms with E-state index in [1.807, 2.05) is 48.5 Å². The van der Waals surface area contributed by atoms with Crippen LogP contribution >= 0.6 is 0 Å². The van der Waals surface area contributed by atoms with Crippen LogP contribution < -0.4 is 0 Å². The second-order valence-corrected chi connectivity index (χ2v) is 11.3. The second-order valence-electron chi connectivity index (χ2n) is 11.3. The maximum atomic E-state index is 6.23. The number of fused-ring (bicyclic) bond motifs is 5. The quantitative estimate of drug-likeness (QED) is 0.209. The maximum absolute atomic E-state index is 6.23. The van der Waals surface area contributed by atoms with Crippen LogP contribution in [-0.2, 0) is 0 Å². The zero-order chi connectivity index (χ0) is 29.7. The van der Waals surface area contributed by atoms with Crippen molar-refractivity contribution in [3.8, 4) is 45.3 Å². The number of hydrogen-bond donors (Lipinski definition) is 0. The van der Waals surface area contributed by atoms with Crippen LogP contribution in [0.25, 0.3) is 88.8 Å². The van der Waals surface area contributed by atoms with E-state index in [4.69, 9.17) is 19.4 Å². The summed E-state index contributed by atoms with van der Waals surface area (Å²) in [4.78, 5) is 15.0. The first kappa shape index (κ1) is 25.4. The van der Waals surface area contributed by atoms with Crippen molar-refractivity contribution < 1.29 is 4.42 Å². The van der Waals surface area contributed by atoms with Gasteiger partial charge in [-0.15, -0.1) is 0 Å². The lowest BCUT2D eigenvalue weighted by molar-refractivity contribution is 0.669. The highest BCUT2D eigenvalue weighted by Crippen LogP contribution is 2.40. The molecule has 0 unspecified atom stereocenters. The molecule has 4 nitrogen and oxygen atoms in total. The molecule has 0 amide bonds. The lowest BCUT2D eigenvalue weighted by Crippen LogP contribution is -2.00. The van der Waals surface area contributed by atoms with Gasteiger partial charge in [0.2, 0.25) is 0 Å². The van der Waals surface area contributed by atoms with E-state index in [2.05, 4.69) is 103 Å². The molecular weight excluding hydrogens is 550 g/mol. The first-order chi connectivity index (χ1) is 22.3. The number of aromatic nitrogens is 3. The topological polar surface area (TPSA) is 51.8 Å². The van der Waals surface area contributed by atoms with Crippen molar-refractivity contribution in [3.05, 3.63) is 152 Å². The Hall–Kier alpha value is -6.13. The average Bonchev–Trinajstić information content (AvgIpc) is 3.50. The molecule has 2 aromatic heterocycles. The molecule has 210 valence electrons. The van der Waals surface area contributed by atoms with Crippen LogP contribution in [0.5, 0.6) is 0 Å². The standard InChI is InChI=1S/C41H25N3O/c1-2-11-28(12-3-1)39-42-40(30-22-20-26-10-4-5-13-29(26)24-30)44-41(43-39)31-23-21-27-14-8-16-32(35(27)25-31)33-17-9-19-37-38(33)34-15-6-7-18-36(34)45-37/h1-25H. The van der Waals surface area contributed by atoms with Crippen molar-refractivity contribution in [3.63, 3.8) is 0 Å². The number of benzene rings is 7. The third-order valence-corrected chi connectivity index (χ3v) is 8.51. The van der Waals surface area contributed by atoms with Gasteiger partial charge in [0.25, 0.3) is 0 Å². The van der Waals surface area contributed by atoms with Crippen molar-refractivity contribution in [1.29, 1.82) is 0 Å². The lowest BCUT2D eigenvalue weighted by Gasteiger charge is -2.12. The Morgan fingerprint density at radius 1 is 0.356 bits per heavy atom. The van der Waals surface area contributed by atoms with Crippen LogP contribution in [0.15, 0.2) is 156 Å². The highest BCUT2D eigenvalue weighted by Gasteiger charge is 2.16. The summed E-state index contributed by atoms with van der Waals surface area (Å²) in [5.74, 6) is 1.93. The van der Waals surface area contributed by atoms with Gasteiger partial charge in [-0.2, -0.15) is 0 Å². The van der Waals surface area contributed by atoms with Crippen molar-refractivity contribution in [1.82, 2.24) is 15.0 Å². The fourth-order valence-electron chi connectivity index (χ4n) is 6.32. The van der Waals surface area contributed by atoms with E-state index >= 15 is 0 Å². The number of hydrogen-bond acceptors (Lipinski definition) is 4. The van der Waals surface area contributed by atoms with Gasteiger partial charge < -0.3 is 4.42 Å². The van der Waals surface area contributed by atoms with E-state index in [-0.39, 0.29) is 0 Å². The number of furan rings is 1. The van der Waals surface area contributed by atoms with Gasteiger partial charge >= 0.3 is 0 Å². The van der Waals surface area contributed by atoms with Gasteiger partial charge in [-0.05, 0) is 56.9 Å². The third kappa shape index (κ3) is 4.35. The zero-order valence-electron chi connectivity index (χ0n) is 24.2. The van der Waals surface area contributed by atoms with Gasteiger partial charge in [0, 0.05) is 27.5 Å². The maximum Gasteiger partial charge on any atom is 0.164 e. The van der Waals surface area contributed by atoms with Crippen LogP contribution in [0.2, 0.25) is 0 Å². The minimum atomic E-state index is 0.635. The van der Waals surface area contributed by atoms with E-state index in [1.165, 1.54) is 5.39 Å². The van der Waals surface area contributed by atoms with Crippen molar-refractivity contribution in [2.24, 2.45) is 0 Å². The minimum Gasteiger partial charge on any atom is -0.456 e. The molecular formula is C41H25N3O. The average molecular weight is 576 g/mol. The zero-order valence-corrected chi connectivity index (χ0v) is 24.2. The number of para-hydroxylation sites is 1. The summed E-state index contributed by atoms with van der Waals surface area (Å²) in [6, 6.07) is 52.3. The van der Waals surface area contributed by atoms with Gasteiger partial charge in [0.1, 0.15) is 11.2 Å². The van der Waals surface area contributed by atoms with E-state index in [9.17, 15) is 0 Å². The van der Waals surface area contributed by atoms with Crippen LogP contribution in [0.4, 0.5) is 0 Å². The molecule has 4 heteroatoms. The molecule has 0 atom stereocenters. The van der Waals surface area contributed by atoms with Gasteiger partial charge in [-0.1, -0.05) is 127 Å². The molecule has 0 fully saturated rings. The van der Waals surface area contributed by atoms with Crippen molar-refractivity contribution in [2.75, 3.05) is 0 Å². The van der Waals surface area contributed by atoms with Crippen LogP contribution in [0.1, 0.15) is 0 Å². The molecule has 0 radical (unpaired) electrons. The largest absolute Gasteiger partial charge is 0.456 e. The summed E-state index contributed by atoms with van der Waals surface area (Å²) in [7, 11) is 0. The van der Waals surface area contributed by atoms with Gasteiger partial charge in [0.15, 0.2) is 17.5 Å². The summed E-state index contributed by atoms with van der Waals surface area (Å²) >= 11 is 0. The fourth-order valence-corrected chi connectivity index (χ4v) is 6.32. The summed E-state index contributed by atoms with van der Waals surface area (Å²) in [5.41, 5.74) is 6.88. The van der Waals surface area contributed by atoms with Gasteiger partial charge in [-0.3, -0.25) is 0 Å². The first-order valence-corrected chi connectivity index (χ1v) is 15.0. The molecule has 0 saturated heterocycles. The minimum absolute atomic E-state index is 0.635. The third-order valence-electron chi connectivity index (χ3n) is 8.51. The van der Waals surface area contributed by atoms with E-state index in [0.29, 0.717) is 17.5 Å². The molecule has 0 spiro atoms. The van der Waals surface area contributed by atoms with Crippen LogP contribution in [0, 0.1) is 0 Å². The summed E-state index contributed by atoms with van der Waals surface area (Å²) in [5, 5.41) is 6.84. The SMILES string of the molecule is c1ccc(-c2nc(-c3ccc4ccccc4c3)nc(-c3ccc4cccc(-c5cccc6oc7ccccc7c56)c4c3)n2)cc1. The fraction of sp³-hybridized carbons (Fsp3) is 0. The Balaban J connectivity index is 1.26. The summed E-state index contributed by atoms with van der Waals surface area (Å²) in [6.45, 7) is 0. The van der Waals surface area contributed by atoms with E-state index in [1.54, 1.807) is 0 Å². The molecule has 0 aliphatic carbocycles. The Labute approximate surface area is 259 Å². The Bertz CT molecular complexity index is 2550. The molecule has 0 bridgehead atoms. The number of nitrogens with zero attached hydrogens (tertiary/aromatic N) is 3. The molecule has 0 aliphatic heterocycles. The highest BCUT2D eigenvalue weighted by atomic mass is 16.3. The predicted molar refractivity (Wildman–Crippen MR) is 184 cm³/mol. The van der Waals surface area contributed by atoms with E-state index < -0.39 is 0 Å². The molecule has 9 rings (SSSR count). The molecule has 0 saturated carbocycles. The lowest BCUT2D eigenvalue weighted by atomic mass is 9.93. The summed E-state index contributed by atoms with van der Waals surface area (Å²) < 4.78 is 6.23. The monoisotopic (exact) mass is 575 g/mol. The van der Waals surface area contributed by atoms with Crippen molar-refractivity contribution in [2.45, 2.75) is 0 Å². The van der Waals surface area contributed by atoms with E-state index in [0.717, 1.165) is 65.9 Å². The van der Waals surface area contributed by atoms with Crippen LogP contribution in [0.3, 0.4) is 0 Å². The number of rotatable bonds is 4. The van der Waals surface area contributed by atoms with Crippen molar-refractivity contribution >= 4 is 43.5 Å². The van der Waals surface area contributed by atoms with Gasteiger partial charge in [0.05, 0.1) is 0 Å². The molecule has 0 aliphatic rings. The Morgan fingerprint density at radius 3 is 1.80 bits per heavy atom. The first-order valence-electron chi connectivity index (χ1n) is 15.0. The molecule has 0 N–H and O–H groups in total. The van der Waals surface area contributed by atoms with Gasteiger partial charge in [-0.25, -0.2) is 15.0 Å². The highest BCUT2D eigenvalue weighted by molar-refractivity contribution is 6.15. The normalized spacial score (nSPS) is 11.6. The molecule has 2 heterocycles. The molecule has 7 aromatic carbocycles. The predicted octanol–water partition coefficient (Wildman–Crippen LogP) is 10.7. The Kier molecular flexibility index (Phi) is 5.78. The smallest absolute Gasteiger partial charge is 0.164 e. The molecule has 45 heavy (non-hydrogen) atoms. The van der Waals surface area contributed by atoms with Crippen LogP contribution in [-0.4, -0.2) is 15.0 Å². The second kappa shape index (κ2) is 10.2. The molecule has 9 aromatic rings. The summed E-state index contributed by atoms with van der Waals surface area (Å²) in [6.07, 6.45) is 0. The Morgan fingerprint density at radius 2 is 0.956 bits per heavy atom.